The fourth-order valence-corrected chi connectivity index (χ4v) is 1.68. The number of hydrogen-bond donors (Lipinski definition) is 2. The van der Waals surface area contributed by atoms with Gasteiger partial charge in [0.1, 0.15) is 5.82 Å². The van der Waals surface area contributed by atoms with Gasteiger partial charge in [-0.25, -0.2) is 4.98 Å². The molecule has 0 fully saturated rings. The van der Waals surface area contributed by atoms with Crippen LogP contribution < -0.4 is 5.32 Å². The first-order valence-corrected chi connectivity index (χ1v) is 6.70. The molecule has 1 unspecified atom stereocenters. The van der Waals surface area contributed by atoms with Crippen molar-refractivity contribution in [1.82, 2.24) is 20.5 Å². The van der Waals surface area contributed by atoms with Gasteiger partial charge in [0.25, 0.3) is 5.91 Å². The van der Waals surface area contributed by atoms with Gasteiger partial charge < -0.3 is 5.32 Å². The Bertz CT molecular complexity index is 377. The summed E-state index contributed by atoms with van der Waals surface area (Å²) in [6.07, 6.45) is 0.708. The third kappa shape index (κ3) is 3.73. The van der Waals surface area contributed by atoms with E-state index in [4.69, 9.17) is 0 Å². The number of amides is 1. The molecule has 0 aromatic carbocycles. The van der Waals surface area contributed by atoms with Crippen LogP contribution in [0, 0.1) is 0 Å². The largest absolute Gasteiger partial charge is 0.348 e. The van der Waals surface area contributed by atoms with Crippen molar-refractivity contribution in [3.05, 3.63) is 11.6 Å². The Hall–Kier alpha value is -1.24. The van der Waals surface area contributed by atoms with E-state index in [0.717, 1.165) is 0 Å². The highest BCUT2D eigenvalue weighted by Gasteiger charge is 2.11. The molecule has 0 aliphatic carbocycles. The lowest BCUT2D eigenvalue weighted by Gasteiger charge is -2.00. The van der Waals surface area contributed by atoms with E-state index in [1.165, 1.54) is 0 Å². The summed E-state index contributed by atoms with van der Waals surface area (Å²) in [5.41, 5.74) is 0. The molecule has 0 aliphatic heterocycles. The molecule has 1 rings (SSSR count). The number of nitrogens with zero attached hydrogens (tertiary/aromatic N) is 2. The van der Waals surface area contributed by atoms with Crippen molar-refractivity contribution in [3.63, 3.8) is 0 Å². The van der Waals surface area contributed by atoms with Crippen molar-refractivity contribution >= 4 is 16.7 Å². The van der Waals surface area contributed by atoms with E-state index in [2.05, 4.69) is 20.5 Å². The highest BCUT2D eigenvalue weighted by molar-refractivity contribution is 7.84. The molecule has 1 amide bonds. The van der Waals surface area contributed by atoms with Crippen molar-refractivity contribution in [2.75, 3.05) is 18.1 Å². The fraction of sp³-hybridized carbons (Fsp3) is 0.667. The van der Waals surface area contributed by atoms with Crippen LogP contribution in [0.5, 0.6) is 0 Å². The lowest BCUT2D eigenvalue weighted by molar-refractivity contribution is 0.0946. The average molecular weight is 244 g/mol. The summed E-state index contributed by atoms with van der Waals surface area (Å²) < 4.78 is 11.1. The van der Waals surface area contributed by atoms with Crippen LogP contribution in [0.4, 0.5) is 0 Å². The maximum absolute atomic E-state index is 11.5. The van der Waals surface area contributed by atoms with Gasteiger partial charge in [-0.05, 0) is 0 Å². The summed E-state index contributed by atoms with van der Waals surface area (Å²) in [6.45, 7) is 4.16. The second-order valence-electron chi connectivity index (χ2n) is 3.15. The minimum absolute atomic E-state index is 0.138. The van der Waals surface area contributed by atoms with E-state index in [0.29, 0.717) is 30.3 Å². The van der Waals surface area contributed by atoms with Crippen LogP contribution >= 0.6 is 0 Å². The van der Waals surface area contributed by atoms with Gasteiger partial charge in [0.2, 0.25) is 5.82 Å². The monoisotopic (exact) mass is 244 g/mol. The van der Waals surface area contributed by atoms with Gasteiger partial charge in [-0.3, -0.25) is 14.1 Å². The number of carbonyl (C=O) groups excluding carboxylic acids is 1. The minimum Gasteiger partial charge on any atom is -0.348 e. The maximum atomic E-state index is 11.5. The predicted molar refractivity (Wildman–Crippen MR) is 61.6 cm³/mol. The molecule has 0 bridgehead atoms. The van der Waals surface area contributed by atoms with Gasteiger partial charge in [0, 0.05) is 35.3 Å². The van der Waals surface area contributed by atoms with Gasteiger partial charge in [-0.1, -0.05) is 13.8 Å². The Morgan fingerprint density at radius 2 is 2.25 bits per heavy atom. The maximum Gasteiger partial charge on any atom is 0.290 e. The average Bonchev–Trinajstić information content (AvgIpc) is 2.77. The van der Waals surface area contributed by atoms with E-state index in [-0.39, 0.29) is 11.7 Å². The molecule has 0 spiro atoms. The van der Waals surface area contributed by atoms with Crippen LogP contribution in [0.1, 0.15) is 30.3 Å². The van der Waals surface area contributed by atoms with Crippen LogP contribution in [0.3, 0.4) is 0 Å². The van der Waals surface area contributed by atoms with E-state index in [1.807, 2.05) is 13.8 Å². The zero-order chi connectivity index (χ0) is 12.0. The normalized spacial score (nSPS) is 12.4. The van der Waals surface area contributed by atoms with Gasteiger partial charge in [-0.15, -0.1) is 5.10 Å². The van der Waals surface area contributed by atoms with E-state index < -0.39 is 10.8 Å². The molecule has 1 atom stereocenters. The standard InChI is InChI=1S/C9H16N4O2S/c1-3-7-11-8(13-12-7)9(14)10-5-6-16(15)4-2/h3-6H2,1-2H3,(H,10,14)(H,11,12,13). The number of nitrogens with one attached hydrogen (secondary N) is 2. The first-order valence-electron chi connectivity index (χ1n) is 5.21. The number of H-pyrrole nitrogens is 1. The van der Waals surface area contributed by atoms with Crippen molar-refractivity contribution in [1.29, 1.82) is 0 Å². The van der Waals surface area contributed by atoms with Crippen LogP contribution in [0.25, 0.3) is 0 Å². The highest BCUT2D eigenvalue weighted by Crippen LogP contribution is 1.93. The quantitative estimate of drug-likeness (QED) is 0.729. The SMILES string of the molecule is CCc1nc(C(=O)NCCS(=O)CC)n[nH]1. The predicted octanol–water partition coefficient (Wildman–Crippen LogP) is -0.135. The number of aryl methyl sites for hydroxylation is 1. The van der Waals surface area contributed by atoms with Crippen LogP contribution in [-0.2, 0) is 17.2 Å². The Balaban J connectivity index is 2.38. The molecule has 6 nitrogen and oxygen atoms in total. The molecule has 0 aliphatic rings. The second-order valence-corrected chi connectivity index (χ2v) is 5.01. The van der Waals surface area contributed by atoms with Gasteiger partial charge in [0.05, 0.1) is 0 Å². The van der Waals surface area contributed by atoms with Gasteiger partial charge in [-0.2, -0.15) is 0 Å². The van der Waals surface area contributed by atoms with E-state index in [1.54, 1.807) is 0 Å². The molecule has 1 heterocycles. The van der Waals surface area contributed by atoms with Crippen molar-refractivity contribution in [3.8, 4) is 0 Å². The summed E-state index contributed by atoms with van der Waals surface area (Å²) in [5.74, 6) is 1.56. The van der Waals surface area contributed by atoms with Crippen LogP contribution in [0.2, 0.25) is 0 Å². The molecule has 0 radical (unpaired) electrons. The molecule has 2 N–H and O–H groups in total. The first kappa shape index (κ1) is 12.8. The summed E-state index contributed by atoms with van der Waals surface area (Å²) in [6, 6.07) is 0. The minimum atomic E-state index is -0.860. The number of hydrogen-bond acceptors (Lipinski definition) is 4. The smallest absolute Gasteiger partial charge is 0.290 e. The summed E-state index contributed by atoms with van der Waals surface area (Å²) in [7, 11) is -0.860. The number of rotatable bonds is 6. The fourth-order valence-electron chi connectivity index (χ4n) is 1.06. The molecule has 0 saturated heterocycles. The molecular formula is C9H16N4O2S. The zero-order valence-corrected chi connectivity index (χ0v) is 10.3. The lowest BCUT2D eigenvalue weighted by Crippen LogP contribution is -2.28. The van der Waals surface area contributed by atoms with Gasteiger partial charge in [0.15, 0.2) is 0 Å². The summed E-state index contributed by atoms with van der Waals surface area (Å²) in [4.78, 5) is 15.5. The van der Waals surface area contributed by atoms with Gasteiger partial charge >= 0.3 is 0 Å². The Labute approximate surface area is 96.7 Å². The third-order valence-corrected chi connectivity index (χ3v) is 3.31. The zero-order valence-electron chi connectivity index (χ0n) is 9.45. The van der Waals surface area contributed by atoms with Crippen LogP contribution in [0.15, 0.2) is 0 Å². The van der Waals surface area contributed by atoms with Crippen molar-refractivity contribution in [2.24, 2.45) is 0 Å². The number of carbonyl (C=O) groups is 1. The van der Waals surface area contributed by atoms with E-state index in [9.17, 15) is 9.00 Å². The first-order chi connectivity index (χ1) is 7.67. The molecule has 90 valence electrons. The number of aromatic amines is 1. The lowest BCUT2D eigenvalue weighted by atomic mass is 10.5. The molecular weight excluding hydrogens is 228 g/mol. The van der Waals surface area contributed by atoms with E-state index >= 15 is 0 Å². The highest BCUT2D eigenvalue weighted by atomic mass is 32.2. The molecule has 0 saturated carbocycles. The van der Waals surface area contributed by atoms with Crippen LogP contribution in [-0.4, -0.2) is 43.3 Å². The Morgan fingerprint density at radius 3 is 2.81 bits per heavy atom. The second kappa shape index (κ2) is 6.37. The Morgan fingerprint density at radius 1 is 1.50 bits per heavy atom. The molecule has 16 heavy (non-hydrogen) atoms. The third-order valence-electron chi connectivity index (χ3n) is 2.01. The van der Waals surface area contributed by atoms with Crippen molar-refractivity contribution < 1.29 is 9.00 Å². The van der Waals surface area contributed by atoms with Crippen molar-refractivity contribution in [2.45, 2.75) is 20.3 Å². The topological polar surface area (TPSA) is 87.7 Å². The molecule has 1 aromatic rings. The Kier molecular flexibility index (Phi) is 5.10. The molecule has 1 aromatic heterocycles. The summed E-state index contributed by atoms with van der Waals surface area (Å²) in [5, 5.41) is 9.07. The molecule has 7 heteroatoms. The number of aromatic nitrogens is 3. The summed E-state index contributed by atoms with van der Waals surface area (Å²) >= 11 is 0.